The van der Waals surface area contributed by atoms with E-state index in [0.717, 1.165) is 0 Å². The van der Waals surface area contributed by atoms with Crippen LogP contribution in [0.3, 0.4) is 0 Å². The van der Waals surface area contributed by atoms with Crippen LogP contribution in [0, 0.1) is 0 Å². The average Bonchev–Trinajstić information content (AvgIpc) is 1.35. The van der Waals surface area contributed by atoms with E-state index in [0.29, 0.717) is 0 Å². The molecule has 1 N–H and O–H groups in total. The first kappa shape index (κ1) is 7.08. The van der Waals surface area contributed by atoms with E-state index in [1.807, 2.05) is 0 Å². The molecule has 0 aromatic rings. The SMILES string of the molecule is O=C(O)[AsH][Cr][Cu]. The van der Waals surface area contributed by atoms with Crippen LogP contribution in [-0.4, -0.2) is 23.7 Å². The maximum atomic E-state index is 9.60. The molecule has 0 saturated heterocycles. The van der Waals surface area contributed by atoms with Crippen molar-refractivity contribution in [1.82, 2.24) is 0 Å². The third kappa shape index (κ3) is 5.08. The average molecular weight is 236 g/mol. The second-order valence-electron chi connectivity index (χ2n) is 0.469. The number of carboxylic acid groups (broad SMARTS) is 1. The van der Waals surface area contributed by atoms with Gasteiger partial charge in [-0.15, -0.1) is 0 Å². The molecule has 0 fully saturated rings. The quantitative estimate of drug-likeness (QED) is 0.660. The van der Waals surface area contributed by atoms with Gasteiger partial charge in [-0.1, -0.05) is 0 Å². The van der Waals surface area contributed by atoms with Gasteiger partial charge in [0.1, 0.15) is 0 Å². The van der Waals surface area contributed by atoms with Crippen molar-refractivity contribution >= 4 is 18.6 Å². The summed E-state index contributed by atoms with van der Waals surface area (Å²) in [5.74, 6) is 0. The predicted molar refractivity (Wildman–Crippen MR) is 15.2 cm³/mol. The molecule has 0 amide bonds. The van der Waals surface area contributed by atoms with Crippen molar-refractivity contribution in [3.8, 4) is 0 Å². The zero-order valence-electron chi connectivity index (χ0n) is 2.57. The summed E-state index contributed by atoms with van der Waals surface area (Å²) in [5.41, 5.74) is 0. The molecule has 0 bridgehead atoms. The van der Waals surface area contributed by atoms with E-state index in [2.05, 4.69) is 14.1 Å². The molecule has 0 aromatic heterocycles. The van der Waals surface area contributed by atoms with Gasteiger partial charge in [-0.2, -0.15) is 0 Å². The Balaban J connectivity index is 2.83. The minimum atomic E-state index is -0.757. The van der Waals surface area contributed by atoms with Gasteiger partial charge < -0.3 is 0 Å². The van der Waals surface area contributed by atoms with Crippen molar-refractivity contribution in [3.05, 3.63) is 0 Å². The molecule has 0 heterocycles. The molecule has 0 aliphatic rings. The van der Waals surface area contributed by atoms with Crippen molar-refractivity contribution in [2.45, 2.75) is 0 Å². The molecule has 40 valence electrons. The molecular weight excluding hydrogens is 234 g/mol. The Bertz CT molecular complexity index is 57.5. The summed E-state index contributed by atoms with van der Waals surface area (Å²) >= 11 is 3.82. The van der Waals surface area contributed by atoms with E-state index in [1.54, 1.807) is 0 Å². The molecule has 0 radical (unpaired) electrons. The van der Waals surface area contributed by atoms with Crippen molar-refractivity contribution in [2.75, 3.05) is 0 Å². The van der Waals surface area contributed by atoms with Crippen LogP contribution in [0.5, 0.6) is 0 Å². The van der Waals surface area contributed by atoms with Crippen LogP contribution in [0.25, 0.3) is 0 Å². The summed E-state index contributed by atoms with van der Waals surface area (Å²) in [4.78, 5) is 9.60. The number of carbonyl (C=O) groups is 1. The zero-order chi connectivity index (χ0) is 4.99. The third-order valence-electron chi connectivity index (χ3n) is 0.118. The van der Waals surface area contributed by atoms with Crippen LogP contribution < -0.4 is 0 Å². The Hall–Kier alpha value is 1.08. The Morgan fingerprint density at radius 2 is 2.50 bits per heavy atom. The first-order chi connectivity index (χ1) is 2.77. The Labute approximate surface area is 53.8 Å². The van der Waals surface area contributed by atoms with Gasteiger partial charge in [0.05, 0.1) is 0 Å². The van der Waals surface area contributed by atoms with Gasteiger partial charge in [0.25, 0.3) is 0 Å². The molecule has 0 aromatic carbocycles. The monoisotopic (exact) mass is 236 g/mol. The summed E-state index contributed by atoms with van der Waals surface area (Å²) < 4.78 is -0.667. The van der Waals surface area contributed by atoms with Gasteiger partial charge in [-0.05, 0) is 0 Å². The molecule has 6 heavy (non-hydrogen) atoms. The van der Waals surface area contributed by atoms with Gasteiger partial charge in [0, 0.05) is 0 Å². The van der Waals surface area contributed by atoms with Crippen molar-refractivity contribution in [3.63, 3.8) is 0 Å². The minimum absolute atomic E-state index is 0.0150. The Morgan fingerprint density at radius 3 is 2.50 bits per heavy atom. The summed E-state index contributed by atoms with van der Waals surface area (Å²) in [6.45, 7) is 0. The summed E-state index contributed by atoms with van der Waals surface area (Å²) in [5, 5.41) is 7.91. The van der Waals surface area contributed by atoms with E-state index in [4.69, 9.17) is 5.11 Å². The molecule has 0 saturated carbocycles. The zero-order valence-corrected chi connectivity index (χ0v) is 6.88. The van der Waals surface area contributed by atoms with Crippen LogP contribution >= 0.6 is 0 Å². The van der Waals surface area contributed by atoms with Crippen LogP contribution in [-0.2, 0) is 25.5 Å². The Kier molecular flexibility index (Phi) is 5.01. The standard InChI is InChI=1S/CH2AsO2.Cr.Cu/c2-1(3)4;;/h2H,(H,3,4);;/q-1;+1;. The van der Waals surface area contributed by atoms with Gasteiger partial charge >= 0.3 is 53.9 Å². The summed E-state index contributed by atoms with van der Waals surface area (Å²) in [7, 11) is 0. The molecule has 2 nitrogen and oxygen atoms in total. The first-order valence-corrected chi connectivity index (χ1v) is 8.19. The Morgan fingerprint density at radius 1 is 2.00 bits per heavy atom. The second-order valence-corrected chi connectivity index (χ2v) is 8.83. The molecule has 0 aliphatic heterocycles. The van der Waals surface area contributed by atoms with Crippen LogP contribution in [0.2, 0.25) is 0 Å². The third-order valence-corrected chi connectivity index (χ3v) is 4.59. The molecule has 0 aliphatic carbocycles. The predicted octanol–water partition coefficient (Wildman–Crippen LogP) is -0.440. The molecular formula is CH2AsCrCuO2. The molecule has 0 spiro atoms. The molecule has 1 atom stereocenters. The summed E-state index contributed by atoms with van der Waals surface area (Å²) in [6.07, 6.45) is 0. The fourth-order valence-electron chi connectivity index (χ4n) is 0.0263. The fraction of sp³-hybridized carbons (Fsp3) is 0. The molecule has 0 rings (SSSR count). The first-order valence-electron chi connectivity index (χ1n) is 1.00. The van der Waals surface area contributed by atoms with Crippen molar-refractivity contribution in [2.24, 2.45) is 0 Å². The number of hydrogen-bond donors (Lipinski definition) is 1. The maximum absolute atomic E-state index is 9.60. The van der Waals surface area contributed by atoms with Crippen LogP contribution in [0.1, 0.15) is 0 Å². The van der Waals surface area contributed by atoms with E-state index in [9.17, 15) is 4.79 Å². The van der Waals surface area contributed by atoms with Crippen LogP contribution in [0.4, 0.5) is 4.79 Å². The molecule has 1 unspecified atom stereocenters. The fourth-order valence-corrected chi connectivity index (χ4v) is 2.33. The molecule has 5 heteroatoms. The second kappa shape index (κ2) is 4.24. The van der Waals surface area contributed by atoms with Gasteiger partial charge in [-0.3, -0.25) is 0 Å². The van der Waals surface area contributed by atoms with E-state index in [-0.39, 0.29) is 11.4 Å². The number of hydrogen-bond acceptors (Lipinski definition) is 1. The summed E-state index contributed by atoms with van der Waals surface area (Å²) in [6, 6.07) is 0. The van der Waals surface area contributed by atoms with Crippen LogP contribution in [0.15, 0.2) is 0 Å². The number of rotatable bonds is 2. The van der Waals surface area contributed by atoms with E-state index in [1.165, 1.54) is 0 Å². The van der Waals surface area contributed by atoms with Crippen molar-refractivity contribution < 1.29 is 35.4 Å². The van der Waals surface area contributed by atoms with E-state index >= 15 is 0 Å². The van der Waals surface area contributed by atoms with Crippen molar-refractivity contribution in [1.29, 1.82) is 0 Å². The topological polar surface area (TPSA) is 37.3 Å². The van der Waals surface area contributed by atoms with Gasteiger partial charge in [0.15, 0.2) is 0 Å². The normalized spacial score (nSPS) is 10.3. The van der Waals surface area contributed by atoms with Gasteiger partial charge in [-0.25, -0.2) is 0 Å². The van der Waals surface area contributed by atoms with Gasteiger partial charge in [0.2, 0.25) is 0 Å². The van der Waals surface area contributed by atoms with E-state index < -0.39 is 18.6 Å².